The summed E-state index contributed by atoms with van der Waals surface area (Å²) in [6.07, 6.45) is -4.71. The molecule has 11 heteroatoms. The molecule has 0 aliphatic carbocycles. The van der Waals surface area contributed by atoms with E-state index in [9.17, 15) is 21.6 Å². The molecule has 2 aromatic carbocycles. The summed E-state index contributed by atoms with van der Waals surface area (Å²) in [5.74, 6) is 0. The van der Waals surface area contributed by atoms with Gasteiger partial charge in [0.05, 0.1) is 9.92 Å². The Hall–Kier alpha value is -2.07. The summed E-state index contributed by atoms with van der Waals surface area (Å²) < 4.78 is 64.7. The van der Waals surface area contributed by atoms with E-state index in [4.69, 9.17) is 28.3 Å². The van der Waals surface area contributed by atoms with Gasteiger partial charge in [0.1, 0.15) is 5.69 Å². The quantitative estimate of drug-likeness (QED) is 0.627. The van der Waals surface area contributed by atoms with Gasteiger partial charge in [-0.15, -0.1) is 0 Å². The van der Waals surface area contributed by atoms with Crippen LogP contribution in [-0.2, 0) is 23.2 Å². The van der Waals surface area contributed by atoms with Gasteiger partial charge in [0.25, 0.3) is 0 Å². The largest absolute Gasteiger partial charge is 0.433 e. The van der Waals surface area contributed by atoms with Gasteiger partial charge < -0.3 is 0 Å². The standard InChI is InChI=1S/C17H12Cl2F3N3O2S/c1-25-16(17(20,21)22)14(12-7-4-10(18)8-13(12)19)15(24-25)9-2-5-11(6-3-9)28(23,26)27/h2-8H,1H3,(H2,23,26,27). The van der Waals surface area contributed by atoms with E-state index in [0.717, 1.165) is 0 Å². The average Bonchev–Trinajstić information content (AvgIpc) is 2.91. The molecule has 0 amide bonds. The number of halogens is 5. The maximum atomic E-state index is 13.7. The number of nitrogens with two attached hydrogens (primary N) is 1. The summed E-state index contributed by atoms with van der Waals surface area (Å²) in [6, 6.07) is 9.17. The first-order valence-corrected chi connectivity index (χ1v) is 9.92. The van der Waals surface area contributed by atoms with Gasteiger partial charge in [-0.3, -0.25) is 4.68 Å². The zero-order chi connectivity index (χ0) is 20.9. The summed E-state index contributed by atoms with van der Waals surface area (Å²) in [7, 11) is -2.78. The third-order valence-corrected chi connectivity index (χ3v) is 5.45. The SMILES string of the molecule is Cn1nc(-c2ccc(S(N)(=O)=O)cc2)c(-c2ccc(Cl)cc2Cl)c1C(F)(F)F. The van der Waals surface area contributed by atoms with Crippen molar-refractivity contribution < 1.29 is 21.6 Å². The molecule has 2 N–H and O–H groups in total. The molecular formula is C17H12Cl2F3N3O2S. The first-order chi connectivity index (χ1) is 12.9. The van der Waals surface area contributed by atoms with Gasteiger partial charge in [0, 0.05) is 28.8 Å². The molecule has 28 heavy (non-hydrogen) atoms. The molecule has 1 aromatic heterocycles. The fourth-order valence-electron chi connectivity index (χ4n) is 2.80. The van der Waals surface area contributed by atoms with E-state index in [0.29, 0.717) is 4.68 Å². The van der Waals surface area contributed by atoms with Crippen molar-refractivity contribution >= 4 is 33.2 Å². The van der Waals surface area contributed by atoms with Gasteiger partial charge >= 0.3 is 6.18 Å². The third-order valence-electron chi connectivity index (χ3n) is 3.97. The number of rotatable bonds is 3. The van der Waals surface area contributed by atoms with Crippen molar-refractivity contribution in [3.8, 4) is 22.4 Å². The maximum Gasteiger partial charge on any atom is 0.433 e. The second kappa shape index (κ2) is 7.07. The highest BCUT2D eigenvalue weighted by atomic mass is 35.5. The predicted molar refractivity (Wildman–Crippen MR) is 100 cm³/mol. The Labute approximate surface area is 168 Å². The average molecular weight is 450 g/mol. The van der Waals surface area contributed by atoms with Crippen LogP contribution in [0.4, 0.5) is 13.2 Å². The third kappa shape index (κ3) is 3.88. The van der Waals surface area contributed by atoms with Crippen molar-refractivity contribution in [3.63, 3.8) is 0 Å². The van der Waals surface area contributed by atoms with Gasteiger partial charge in [0.15, 0.2) is 5.69 Å². The molecule has 3 aromatic rings. The van der Waals surface area contributed by atoms with E-state index in [1.54, 1.807) is 0 Å². The molecule has 0 saturated carbocycles. The molecule has 0 unspecified atom stereocenters. The van der Waals surface area contributed by atoms with E-state index in [1.807, 2.05) is 0 Å². The highest BCUT2D eigenvalue weighted by molar-refractivity contribution is 7.89. The van der Waals surface area contributed by atoms with Crippen molar-refractivity contribution in [3.05, 3.63) is 58.2 Å². The maximum absolute atomic E-state index is 13.7. The van der Waals surface area contributed by atoms with Crippen LogP contribution in [0.3, 0.4) is 0 Å². The second-order valence-electron chi connectivity index (χ2n) is 5.89. The van der Waals surface area contributed by atoms with Gasteiger partial charge in [-0.05, 0) is 24.3 Å². The second-order valence-corrected chi connectivity index (χ2v) is 8.29. The Balaban J connectivity index is 2.31. The first kappa shape index (κ1) is 20.7. The minimum Gasteiger partial charge on any atom is -0.262 e. The summed E-state index contributed by atoms with van der Waals surface area (Å²) in [4.78, 5) is -0.172. The van der Waals surface area contributed by atoms with Crippen molar-refractivity contribution in [1.29, 1.82) is 0 Å². The first-order valence-electron chi connectivity index (χ1n) is 7.62. The molecule has 148 valence electrons. The van der Waals surface area contributed by atoms with Gasteiger partial charge in [-0.2, -0.15) is 18.3 Å². The topological polar surface area (TPSA) is 78.0 Å². The minimum absolute atomic E-state index is 0.0139. The zero-order valence-corrected chi connectivity index (χ0v) is 16.5. The molecule has 0 fully saturated rings. The molecule has 0 spiro atoms. The van der Waals surface area contributed by atoms with Gasteiger partial charge in [-0.1, -0.05) is 41.4 Å². The Morgan fingerprint density at radius 3 is 2.18 bits per heavy atom. The van der Waals surface area contributed by atoms with E-state index < -0.39 is 21.9 Å². The molecule has 1 heterocycles. The van der Waals surface area contributed by atoms with Crippen LogP contribution in [0, 0.1) is 0 Å². The number of nitrogens with zero attached hydrogens (tertiary/aromatic N) is 2. The van der Waals surface area contributed by atoms with Crippen LogP contribution in [0.1, 0.15) is 5.69 Å². The number of sulfonamides is 1. The summed E-state index contributed by atoms with van der Waals surface area (Å²) >= 11 is 12.0. The van der Waals surface area contributed by atoms with Crippen LogP contribution in [0.2, 0.25) is 10.0 Å². The number of benzene rings is 2. The van der Waals surface area contributed by atoms with Crippen molar-refractivity contribution in [2.24, 2.45) is 12.2 Å². The van der Waals surface area contributed by atoms with Crippen LogP contribution >= 0.6 is 23.2 Å². The minimum atomic E-state index is -4.71. The van der Waals surface area contributed by atoms with Crippen LogP contribution in [0.5, 0.6) is 0 Å². The van der Waals surface area contributed by atoms with Crippen molar-refractivity contribution in [2.45, 2.75) is 11.1 Å². The Bertz CT molecular complexity index is 1160. The molecule has 0 radical (unpaired) electrons. The van der Waals surface area contributed by atoms with E-state index >= 15 is 0 Å². The van der Waals surface area contributed by atoms with Gasteiger partial charge in [0.2, 0.25) is 10.0 Å². The van der Waals surface area contributed by atoms with Crippen LogP contribution in [0.15, 0.2) is 47.4 Å². The van der Waals surface area contributed by atoms with Crippen LogP contribution in [0.25, 0.3) is 22.4 Å². The number of alkyl halides is 3. The molecule has 0 aliphatic heterocycles. The normalized spacial score (nSPS) is 12.4. The Kier molecular flexibility index (Phi) is 5.22. The summed E-state index contributed by atoms with van der Waals surface area (Å²) in [6.45, 7) is 0. The molecule has 3 rings (SSSR count). The molecule has 0 saturated heterocycles. The lowest BCUT2D eigenvalue weighted by molar-refractivity contribution is -0.143. The molecule has 5 nitrogen and oxygen atoms in total. The highest BCUT2D eigenvalue weighted by Crippen LogP contribution is 2.44. The van der Waals surface area contributed by atoms with Crippen LogP contribution < -0.4 is 5.14 Å². The van der Waals surface area contributed by atoms with E-state index in [1.165, 1.54) is 49.5 Å². The number of aryl methyl sites for hydroxylation is 1. The fourth-order valence-corrected chi connectivity index (χ4v) is 3.82. The number of aromatic nitrogens is 2. The molecular weight excluding hydrogens is 438 g/mol. The number of primary sulfonamides is 1. The van der Waals surface area contributed by atoms with E-state index in [2.05, 4.69) is 5.10 Å². The lowest BCUT2D eigenvalue weighted by Crippen LogP contribution is -2.13. The van der Waals surface area contributed by atoms with Crippen LogP contribution in [-0.4, -0.2) is 18.2 Å². The Morgan fingerprint density at radius 2 is 1.68 bits per heavy atom. The molecule has 0 bridgehead atoms. The molecule has 0 aliphatic rings. The Morgan fingerprint density at radius 1 is 1.07 bits per heavy atom. The summed E-state index contributed by atoms with van der Waals surface area (Å²) in [5.41, 5.74) is -0.890. The zero-order valence-electron chi connectivity index (χ0n) is 14.1. The lowest BCUT2D eigenvalue weighted by Gasteiger charge is -2.12. The highest BCUT2D eigenvalue weighted by Gasteiger charge is 2.40. The molecule has 0 atom stereocenters. The summed E-state index contributed by atoms with van der Waals surface area (Å²) in [5, 5.41) is 9.35. The van der Waals surface area contributed by atoms with Crippen molar-refractivity contribution in [2.75, 3.05) is 0 Å². The van der Waals surface area contributed by atoms with Crippen molar-refractivity contribution in [1.82, 2.24) is 9.78 Å². The van der Waals surface area contributed by atoms with Gasteiger partial charge in [-0.25, -0.2) is 13.6 Å². The van der Waals surface area contributed by atoms with E-state index in [-0.39, 0.29) is 37.3 Å². The predicted octanol–water partition coefficient (Wildman–Crippen LogP) is 4.73. The number of hydrogen-bond acceptors (Lipinski definition) is 3. The fraction of sp³-hybridized carbons (Fsp3) is 0.118. The smallest absolute Gasteiger partial charge is 0.262 e. The monoisotopic (exact) mass is 449 g/mol. The lowest BCUT2D eigenvalue weighted by atomic mass is 9.98. The number of hydrogen-bond donors (Lipinski definition) is 1.